The number of hydrogen-bond donors (Lipinski definition) is 1. The maximum atomic E-state index is 14.2. The van der Waals surface area contributed by atoms with Crippen LogP contribution in [0.5, 0.6) is 0 Å². The van der Waals surface area contributed by atoms with Gasteiger partial charge in [-0.2, -0.15) is 0 Å². The van der Waals surface area contributed by atoms with Crippen LogP contribution < -0.4 is 0 Å². The van der Waals surface area contributed by atoms with Crippen LogP contribution in [0, 0.1) is 17.8 Å². The minimum Gasteiger partial charge on any atom is -0.461 e. The van der Waals surface area contributed by atoms with Crippen LogP contribution in [0.4, 0.5) is 0 Å². The van der Waals surface area contributed by atoms with Crippen LogP contribution in [0.1, 0.15) is 53.9 Å². The van der Waals surface area contributed by atoms with Gasteiger partial charge in [0, 0.05) is 25.2 Å². The highest BCUT2D eigenvalue weighted by atomic mass is 16.6. The van der Waals surface area contributed by atoms with Gasteiger partial charge < -0.3 is 24.4 Å². The number of aliphatic hydroxyl groups excluding tert-OH is 1. The Morgan fingerprint density at radius 3 is 2.53 bits per heavy atom. The van der Waals surface area contributed by atoms with Gasteiger partial charge in [0.05, 0.1) is 11.5 Å². The summed E-state index contributed by atoms with van der Waals surface area (Å²) in [5.74, 6) is -2.59. The number of esters is 1. The molecule has 0 aromatic carbocycles. The Bertz CT molecular complexity index is 851. The van der Waals surface area contributed by atoms with Crippen LogP contribution in [0.25, 0.3) is 0 Å². The van der Waals surface area contributed by atoms with E-state index in [1.807, 2.05) is 34.6 Å². The third-order valence-corrected chi connectivity index (χ3v) is 7.84. The Kier molecular flexibility index (Phi) is 7.35. The average molecular weight is 477 g/mol. The number of nitrogens with zero attached hydrogens (tertiary/aromatic N) is 2. The van der Waals surface area contributed by atoms with Crippen molar-refractivity contribution in [2.75, 3.05) is 26.3 Å². The fraction of sp³-hybridized carbons (Fsp3) is 0.731. The molecule has 2 bridgehead atoms. The van der Waals surface area contributed by atoms with Gasteiger partial charge in [-0.1, -0.05) is 25.7 Å². The van der Waals surface area contributed by atoms with E-state index in [2.05, 4.69) is 13.2 Å². The molecule has 3 aliphatic rings. The van der Waals surface area contributed by atoms with Crippen molar-refractivity contribution >= 4 is 17.8 Å². The number of carbonyl (C=O) groups is 3. The zero-order valence-corrected chi connectivity index (χ0v) is 21.2. The molecule has 6 atom stereocenters. The summed E-state index contributed by atoms with van der Waals surface area (Å²) in [6.45, 7) is 17.8. The van der Waals surface area contributed by atoms with Gasteiger partial charge in [-0.25, -0.2) is 0 Å². The topological polar surface area (TPSA) is 96.4 Å². The van der Waals surface area contributed by atoms with Gasteiger partial charge >= 0.3 is 5.97 Å². The van der Waals surface area contributed by atoms with Crippen molar-refractivity contribution in [2.24, 2.45) is 17.8 Å². The summed E-state index contributed by atoms with van der Waals surface area (Å²) in [4.78, 5) is 44.6. The summed E-state index contributed by atoms with van der Waals surface area (Å²) in [5, 5.41) is 9.29. The van der Waals surface area contributed by atoms with Gasteiger partial charge in [0.2, 0.25) is 11.8 Å². The Morgan fingerprint density at radius 1 is 1.29 bits per heavy atom. The second kappa shape index (κ2) is 9.46. The molecule has 3 rings (SSSR count). The van der Waals surface area contributed by atoms with E-state index in [1.165, 1.54) is 6.08 Å². The normalized spacial score (nSPS) is 34.2. The maximum Gasteiger partial charge on any atom is 0.313 e. The number of amides is 2. The van der Waals surface area contributed by atoms with Gasteiger partial charge in [0.1, 0.15) is 24.2 Å². The van der Waals surface area contributed by atoms with Gasteiger partial charge in [0.25, 0.3) is 0 Å². The van der Waals surface area contributed by atoms with E-state index >= 15 is 0 Å². The van der Waals surface area contributed by atoms with E-state index in [9.17, 15) is 19.5 Å². The molecule has 0 aromatic heterocycles. The van der Waals surface area contributed by atoms with E-state index in [0.717, 1.165) is 0 Å². The fourth-order valence-corrected chi connectivity index (χ4v) is 6.21. The molecular weight excluding hydrogens is 436 g/mol. The van der Waals surface area contributed by atoms with Crippen LogP contribution in [0.3, 0.4) is 0 Å². The number of hydrogen-bond acceptors (Lipinski definition) is 6. The van der Waals surface area contributed by atoms with Gasteiger partial charge in [-0.05, 0) is 52.9 Å². The van der Waals surface area contributed by atoms with Crippen molar-refractivity contribution in [1.82, 2.24) is 9.80 Å². The molecule has 3 heterocycles. The quantitative estimate of drug-likeness (QED) is 0.295. The second-order valence-electron chi connectivity index (χ2n) is 11.0. The SMILES string of the molecule is C=CCOC(=O)[C@@H]1[C@H]2C(=O)N(CCCCO)C(C(=O)N(CC=C)C(C)(C)C)C23CC(C)[C@@]1(C)O3. The first kappa shape index (κ1) is 26.4. The molecule has 190 valence electrons. The molecule has 3 aliphatic heterocycles. The number of ether oxygens (including phenoxy) is 2. The van der Waals surface area contributed by atoms with E-state index in [4.69, 9.17) is 9.47 Å². The van der Waals surface area contributed by atoms with Crippen LogP contribution in [0.2, 0.25) is 0 Å². The monoisotopic (exact) mass is 476 g/mol. The fourth-order valence-electron chi connectivity index (χ4n) is 6.21. The predicted octanol–water partition coefficient (Wildman–Crippen LogP) is 2.31. The molecule has 8 heteroatoms. The Labute approximate surface area is 202 Å². The summed E-state index contributed by atoms with van der Waals surface area (Å²) < 4.78 is 12.1. The predicted molar refractivity (Wildman–Crippen MR) is 128 cm³/mol. The highest BCUT2D eigenvalue weighted by Gasteiger charge is 2.80. The highest BCUT2D eigenvalue weighted by molar-refractivity contribution is 5.98. The lowest BCUT2D eigenvalue weighted by molar-refractivity contribution is -0.162. The molecular formula is C26H40N2O6. The number of rotatable bonds is 10. The van der Waals surface area contributed by atoms with Crippen LogP contribution in [-0.4, -0.2) is 81.8 Å². The standard InChI is InChI=1S/C26H40N2O6/c1-8-12-28(24(4,5)6)22(31)20-26-16-17(3)25(7,34-26)19(23(32)33-15-9-2)18(26)21(30)27(20)13-10-11-14-29/h8-9,17-20,29H,1-2,10-16H2,3-7H3/t17?,18-,19-,20?,25+,26?/m0/s1. The first-order valence-corrected chi connectivity index (χ1v) is 12.2. The number of fused-ring (bicyclic) bond motifs is 1. The summed E-state index contributed by atoms with van der Waals surface area (Å²) in [6, 6.07) is -0.857. The minimum atomic E-state index is -1.11. The van der Waals surface area contributed by atoms with Crippen LogP contribution >= 0.6 is 0 Å². The van der Waals surface area contributed by atoms with Gasteiger partial charge in [0.15, 0.2) is 0 Å². The number of carbonyl (C=O) groups excluding carboxylic acids is 3. The molecule has 1 spiro atoms. The summed E-state index contributed by atoms with van der Waals surface area (Å²) >= 11 is 0. The Hall–Kier alpha value is -2.19. The maximum absolute atomic E-state index is 14.2. The Balaban J connectivity index is 2.10. The second-order valence-corrected chi connectivity index (χ2v) is 11.0. The van der Waals surface area contributed by atoms with E-state index in [1.54, 1.807) is 15.9 Å². The third kappa shape index (κ3) is 3.98. The molecule has 3 fully saturated rings. The lowest BCUT2D eigenvalue weighted by Gasteiger charge is -2.42. The van der Waals surface area contributed by atoms with E-state index in [-0.39, 0.29) is 30.9 Å². The molecule has 34 heavy (non-hydrogen) atoms. The lowest BCUT2D eigenvalue weighted by Crippen LogP contribution is -2.60. The molecule has 0 aromatic rings. The van der Waals surface area contributed by atoms with Gasteiger partial charge in [-0.15, -0.1) is 6.58 Å². The van der Waals surface area contributed by atoms with Crippen molar-refractivity contribution in [1.29, 1.82) is 0 Å². The number of aliphatic hydroxyl groups is 1. The van der Waals surface area contributed by atoms with Crippen molar-refractivity contribution in [2.45, 2.75) is 76.7 Å². The van der Waals surface area contributed by atoms with Crippen molar-refractivity contribution < 1.29 is 29.0 Å². The first-order valence-electron chi connectivity index (χ1n) is 12.2. The minimum absolute atomic E-state index is 0.00189. The molecule has 2 amide bonds. The molecule has 3 saturated heterocycles. The largest absolute Gasteiger partial charge is 0.461 e. The van der Waals surface area contributed by atoms with Gasteiger partial charge in [-0.3, -0.25) is 14.4 Å². The number of likely N-dealkylation sites (tertiary alicyclic amines) is 1. The molecule has 0 aliphatic carbocycles. The molecule has 0 saturated carbocycles. The molecule has 0 radical (unpaired) electrons. The molecule has 1 N–H and O–H groups in total. The summed E-state index contributed by atoms with van der Waals surface area (Å²) in [5.41, 5.74) is -2.52. The van der Waals surface area contributed by atoms with E-state index < -0.39 is 40.6 Å². The zero-order valence-electron chi connectivity index (χ0n) is 21.2. The molecule has 3 unspecified atom stereocenters. The first-order chi connectivity index (χ1) is 15.9. The smallest absolute Gasteiger partial charge is 0.313 e. The lowest BCUT2D eigenvalue weighted by atomic mass is 9.62. The Morgan fingerprint density at radius 2 is 1.97 bits per heavy atom. The summed E-state index contributed by atoms with van der Waals surface area (Å²) in [7, 11) is 0. The van der Waals surface area contributed by atoms with Crippen molar-refractivity contribution in [3.8, 4) is 0 Å². The van der Waals surface area contributed by atoms with Crippen molar-refractivity contribution in [3.63, 3.8) is 0 Å². The van der Waals surface area contributed by atoms with E-state index in [0.29, 0.717) is 32.4 Å². The van der Waals surface area contributed by atoms with Crippen molar-refractivity contribution in [3.05, 3.63) is 25.3 Å². The van der Waals surface area contributed by atoms with Crippen LogP contribution in [-0.2, 0) is 23.9 Å². The number of unbranched alkanes of at least 4 members (excludes halogenated alkanes) is 1. The average Bonchev–Trinajstić information content (AvgIpc) is 3.26. The summed E-state index contributed by atoms with van der Waals surface area (Å²) in [6.07, 6.45) is 4.73. The third-order valence-electron chi connectivity index (χ3n) is 7.84. The zero-order chi connectivity index (χ0) is 25.5. The molecule has 8 nitrogen and oxygen atoms in total. The van der Waals surface area contributed by atoms with Crippen LogP contribution in [0.15, 0.2) is 25.3 Å². The highest BCUT2D eigenvalue weighted by Crippen LogP contribution is 2.65.